The summed E-state index contributed by atoms with van der Waals surface area (Å²) in [5.74, 6) is 0. The zero-order chi connectivity index (χ0) is 12.9. The molecule has 11 heteroatoms. The molecule has 0 spiro atoms. The quantitative estimate of drug-likeness (QED) is 0.204. The predicted molar refractivity (Wildman–Crippen MR) is 49.4 cm³/mol. The fourth-order valence-electron chi connectivity index (χ4n) is 0.847. The van der Waals surface area contributed by atoms with Crippen molar-refractivity contribution in [2.75, 3.05) is 6.61 Å². The number of phosphoric acid groups is 1. The van der Waals surface area contributed by atoms with Gasteiger partial charge < -0.3 is 44.1 Å². The molecule has 0 unspecified atom stereocenters. The van der Waals surface area contributed by atoms with E-state index in [-0.39, 0.29) is 44.0 Å². The van der Waals surface area contributed by atoms with Gasteiger partial charge in [-0.2, -0.15) is 0 Å². The van der Waals surface area contributed by atoms with E-state index in [0.717, 1.165) is 0 Å². The number of aliphatic hydroxyl groups is 4. The molecule has 9 nitrogen and oxygen atoms in total. The van der Waals surface area contributed by atoms with Gasteiger partial charge in [-0.05, 0) is 0 Å². The third-order valence-electron chi connectivity index (χ3n) is 1.65. The van der Waals surface area contributed by atoms with Crippen molar-refractivity contribution in [3.8, 4) is 0 Å². The van der Waals surface area contributed by atoms with Crippen LogP contribution in [-0.2, 0) is 13.9 Å². The zero-order valence-electron chi connectivity index (χ0n) is 8.58. The average Bonchev–Trinajstić information content (AvgIpc) is 2.21. The van der Waals surface area contributed by atoms with Crippen molar-refractivity contribution < 1.29 is 44.1 Å². The Kier molecular flexibility index (Phi) is 10.6. The third-order valence-corrected chi connectivity index (χ3v) is 2.15. The van der Waals surface area contributed by atoms with Crippen LogP contribution in [0.4, 0.5) is 0 Å². The molecule has 0 aromatic rings. The Hall–Kier alpha value is 0.880. The summed E-state index contributed by atoms with van der Waals surface area (Å²) in [6.07, 6.45) is -8.36. The molecule has 4 atom stereocenters. The smallest absolute Gasteiger partial charge is 0.790 e. The van der Waals surface area contributed by atoms with Crippen LogP contribution in [0.5, 0.6) is 0 Å². The molecule has 0 amide bonds. The van der Waals surface area contributed by atoms with Gasteiger partial charge in [0, 0.05) is 0 Å². The van der Waals surface area contributed by atoms with E-state index in [9.17, 15) is 19.1 Å². The van der Waals surface area contributed by atoms with E-state index >= 15 is 0 Å². The van der Waals surface area contributed by atoms with E-state index in [1.165, 1.54) is 0 Å². The van der Waals surface area contributed by atoms with Gasteiger partial charge in [-0.15, -0.1) is 0 Å². The Morgan fingerprint density at radius 2 is 1.71 bits per heavy atom. The predicted octanol–water partition coefficient (Wildman–Crippen LogP) is -4.91. The minimum Gasteiger partial charge on any atom is -0.790 e. The van der Waals surface area contributed by atoms with Gasteiger partial charge in [0.2, 0.25) is 0 Å². The Bertz CT molecular complexity index is 268. The summed E-state index contributed by atoms with van der Waals surface area (Å²) in [6, 6.07) is 0. The summed E-state index contributed by atoms with van der Waals surface area (Å²) in [5, 5.41) is 35.6. The van der Waals surface area contributed by atoms with Crippen molar-refractivity contribution >= 4 is 51.8 Å². The van der Waals surface area contributed by atoms with Crippen molar-refractivity contribution in [1.82, 2.24) is 0 Å². The van der Waals surface area contributed by atoms with Crippen molar-refractivity contribution in [3.05, 3.63) is 0 Å². The summed E-state index contributed by atoms with van der Waals surface area (Å²) >= 11 is 0. The number of phosphoric ester groups is 1. The van der Waals surface area contributed by atoms with Crippen LogP contribution in [-0.4, -0.2) is 95.5 Å². The molecule has 0 aliphatic rings. The molecule has 0 aromatic carbocycles. The molecule has 0 fully saturated rings. The van der Waals surface area contributed by atoms with Gasteiger partial charge in [-0.25, -0.2) is 0 Å². The molecule has 17 heavy (non-hydrogen) atoms. The molecule has 0 saturated carbocycles. The minimum atomic E-state index is -5.52. The standard InChI is InChI=1S/C6H13O9P.Ca/c7-1-3(9)5(10)6(11)4(2-8)15-16(12,13)14;/h2-7,9-11H,1H2,(H2,12,13,14);/q;+2/p-2/t3-,4+,5-,6-;/m1./s1. The first-order chi connectivity index (χ1) is 7.22. The monoisotopic (exact) mass is 298 g/mol. The topological polar surface area (TPSA) is 170 Å². The van der Waals surface area contributed by atoms with Crippen molar-refractivity contribution in [1.29, 1.82) is 0 Å². The van der Waals surface area contributed by atoms with Crippen molar-refractivity contribution in [3.63, 3.8) is 0 Å². The number of aldehydes is 1. The maximum Gasteiger partial charge on any atom is 2.00 e. The molecule has 0 rings (SSSR count). The van der Waals surface area contributed by atoms with Gasteiger partial charge in [0.15, 0.2) is 6.29 Å². The summed E-state index contributed by atoms with van der Waals surface area (Å²) in [5.41, 5.74) is 0. The molecule has 0 bridgehead atoms. The molecule has 0 aliphatic carbocycles. The number of aliphatic hydroxyl groups excluding tert-OH is 4. The van der Waals surface area contributed by atoms with E-state index in [4.69, 9.17) is 20.4 Å². The van der Waals surface area contributed by atoms with E-state index in [2.05, 4.69) is 4.52 Å². The van der Waals surface area contributed by atoms with Gasteiger partial charge in [0.1, 0.15) is 24.4 Å². The Morgan fingerprint density at radius 1 is 1.24 bits per heavy atom. The fourth-order valence-corrected chi connectivity index (χ4v) is 1.32. The number of rotatable bonds is 7. The van der Waals surface area contributed by atoms with E-state index in [0.29, 0.717) is 0 Å². The first kappa shape index (κ1) is 20.2. The molecular formula is C6H11CaO9P. The average molecular weight is 298 g/mol. The number of carbonyl (C=O) groups excluding carboxylic acids is 1. The first-order valence-electron chi connectivity index (χ1n) is 4.03. The van der Waals surface area contributed by atoms with E-state index in [1.807, 2.05) is 0 Å². The summed E-state index contributed by atoms with van der Waals surface area (Å²) in [6.45, 7) is -0.934. The van der Waals surface area contributed by atoms with Crippen LogP contribution in [0.3, 0.4) is 0 Å². The third kappa shape index (κ3) is 7.81. The number of hydrogen-bond donors (Lipinski definition) is 4. The second-order valence-corrected chi connectivity index (χ2v) is 3.99. The van der Waals surface area contributed by atoms with Crippen LogP contribution in [0.25, 0.3) is 0 Å². The molecule has 0 saturated heterocycles. The second-order valence-electron chi connectivity index (χ2n) is 2.88. The molecule has 0 aromatic heterocycles. The molecule has 96 valence electrons. The SMILES string of the molecule is O=C[C@H](OP(=O)([O-])[O-])[C@@H](O)[C@H](O)[C@H](O)CO.[Ca+2]. The van der Waals surface area contributed by atoms with Crippen molar-refractivity contribution in [2.45, 2.75) is 24.4 Å². The van der Waals surface area contributed by atoms with Crippen LogP contribution >= 0.6 is 7.82 Å². The van der Waals surface area contributed by atoms with Crippen LogP contribution in [0.1, 0.15) is 0 Å². The van der Waals surface area contributed by atoms with E-state index in [1.54, 1.807) is 0 Å². The molecule has 0 heterocycles. The largest absolute Gasteiger partial charge is 2.00 e. The molecular weight excluding hydrogens is 287 g/mol. The van der Waals surface area contributed by atoms with Crippen LogP contribution in [0.15, 0.2) is 0 Å². The Labute approximate surface area is 126 Å². The Balaban J connectivity index is 0. The van der Waals surface area contributed by atoms with Gasteiger partial charge >= 0.3 is 37.7 Å². The Morgan fingerprint density at radius 3 is 2.00 bits per heavy atom. The molecule has 0 radical (unpaired) electrons. The minimum absolute atomic E-state index is 0. The second kappa shape index (κ2) is 8.89. The number of hydrogen-bond acceptors (Lipinski definition) is 9. The first-order valence-corrected chi connectivity index (χ1v) is 5.49. The maximum atomic E-state index is 10.3. The van der Waals surface area contributed by atoms with Crippen molar-refractivity contribution in [2.24, 2.45) is 0 Å². The van der Waals surface area contributed by atoms with Gasteiger partial charge in [-0.1, -0.05) is 0 Å². The van der Waals surface area contributed by atoms with Crippen LogP contribution in [0.2, 0.25) is 0 Å². The van der Waals surface area contributed by atoms with Gasteiger partial charge in [-0.3, -0.25) is 0 Å². The zero-order valence-corrected chi connectivity index (χ0v) is 11.7. The summed E-state index contributed by atoms with van der Waals surface area (Å²) in [7, 11) is -5.52. The van der Waals surface area contributed by atoms with Gasteiger partial charge in [0.05, 0.1) is 14.4 Å². The van der Waals surface area contributed by atoms with Crippen LogP contribution < -0.4 is 9.79 Å². The molecule has 0 aliphatic heterocycles. The van der Waals surface area contributed by atoms with E-state index < -0.39 is 38.8 Å². The normalized spacial score (nSPS) is 18.7. The summed E-state index contributed by atoms with van der Waals surface area (Å²) < 4.78 is 13.8. The van der Waals surface area contributed by atoms with Crippen LogP contribution in [0, 0.1) is 0 Å². The molecule has 4 N–H and O–H groups in total. The maximum absolute atomic E-state index is 10.3. The summed E-state index contributed by atoms with van der Waals surface area (Å²) in [4.78, 5) is 30.6. The number of carbonyl (C=O) groups is 1. The van der Waals surface area contributed by atoms with Gasteiger partial charge in [0.25, 0.3) is 0 Å². The fraction of sp³-hybridized carbons (Fsp3) is 0.833.